The number of nitrogens with one attached hydrogen (secondary N) is 1. The Bertz CT molecular complexity index is 775. The molecule has 0 aromatic heterocycles. The standard InChI is InChI=1S/C19H29N3O4S/c1-3-17(14-21-9-11-26-12-10-21)20-27(24,25)18-6-7-19-16(13-18)5-4-8-22(19)15(2)23/h6-7,13,17,20H,3-5,8-12,14H2,1-2H3. The van der Waals surface area contributed by atoms with Crippen LogP contribution in [0, 0.1) is 0 Å². The van der Waals surface area contributed by atoms with Crippen LogP contribution in [0.1, 0.15) is 32.3 Å². The van der Waals surface area contributed by atoms with Crippen molar-refractivity contribution in [2.75, 3.05) is 44.3 Å². The van der Waals surface area contributed by atoms with Gasteiger partial charge in [-0.1, -0.05) is 6.92 Å². The van der Waals surface area contributed by atoms with E-state index in [0.29, 0.717) is 26.3 Å². The van der Waals surface area contributed by atoms with E-state index in [9.17, 15) is 13.2 Å². The number of fused-ring (bicyclic) bond motifs is 1. The highest BCUT2D eigenvalue weighted by atomic mass is 32.2. The van der Waals surface area contributed by atoms with Crippen molar-refractivity contribution in [2.24, 2.45) is 0 Å². The van der Waals surface area contributed by atoms with E-state index < -0.39 is 10.0 Å². The van der Waals surface area contributed by atoms with Gasteiger partial charge in [0.2, 0.25) is 15.9 Å². The van der Waals surface area contributed by atoms with Crippen molar-refractivity contribution in [2.45, 2.75) is 44.0 Å². The molecule has 0 radical (unpaired) electrons. The van der Waals surface area contributed by atoms with Crippen LogP contribution < -0.4 is 9.62 Å². The molecule has 0 aliphatic carbocycles. The second-order valence-electron chi connectivity index (χ2n) is 7.20. The van der Waals surface area contributed by atoms with Crippen LogP contribution in [0.25, 0.3) is 0 Å². The first-order chi connectivity index (χ1) is 12.9. The summed E-state index contributed by atoms with van der Waals surface area (Å²) in [6.45, 7) is 7.95. The summed E-state index contributed by atoms with van der Waals surface area (Å²) in [7, 11) is -3.60. The van der Waals surface area contributed by atoms with Gasteiger partial charge in [0, 0.05) is 44.8 Å². The Morgan fingerprint density at radius 1 is 1.26 bits per heavy atom. The molecule has 150 valence electrons. The quantitative estimate of drug-likeness (QED) is 0.787. The van der Waals surface area contributed by atoms with Gasteiger partial charge in [0.1, 0.15) is 0 Å². The predicted molar refractivity (Wildman–Crippen MR) is 104 cm³/mol. The zero-order chi connectivity index (χ0) is 19.4. The third kappa shape index (κ3) is 4.87. The molecule has 1 amide bonds. The van der Waals surface area contributed by atoms with Crippen LogP contribution in [0.3, 0.4) is 0 Å². The van der Waals surface area contributed by atoms with Gasteiger partial charge in [-0.15, -0.1) is 0 Å². The number of morpholine rings is 1. The third-order valence-electron chi connectivity index (χ3n) is 5.26. The Morgan fingerprint density at radius 3 is 2.67 bits per heavy atom. The van der Waals surface area contributed by atoms with Gasteiger partial charge in [0.15, 0.2) is 0 Å². The Labute approximate surface area is 161 Å². The summed E-state index contributed by atoms with van der Waals surface area (Å²) in [6, 6.07) is 4.93. The number of hydrogen-bond acceptors (Lipinski definition) is 5. The lowest BCUT2D eigenvalue weighted by Gasteiger charge is -2.31. The molecular formula is C19H29N3O4S. The van der Waals surface area contributed by atoms with E-state index in [2.05, 4.69) is 9.62 Å². The number of benzene rings is 1. The predicted octanol–water partition coefficient (Wildman–Crippen LogP) is 1.37. The van der Waals surface area contributed by atoms with Gasteiger partial charge < -0.3 is 9.64 Å². The van der Waals surface area contributed by atoms with Crippen molar-refractivity contribution in [1.29, 1.82) is 0 Å². The van der Waals surface area contributed by atoms with E-state index in [0.717, 1.165) is 43.6 Å². The lowest BCUT2D eigenvalue weighted by molar-refractivity contribution is -0.116. The molecule has 1 aromatic carbocycles. The minimum Gasteiger partial charge on any atom is -0.379 e. The van der Waals surface area contributed by atoms with Gasteiger partial charge in [-0.3, -0.25) is 9.69 Å². The van der Waals surface area contributed by atoms with Crippen LogP contribution in [-0.4, -0.2) is 64.7 Å². The number of nitrogens with zero attached hydrogens (tertiary/aromatic N) is 2. The van der Waals surface area contributed by atoms with Crippen LogP contribution in [0.5, 0.6) is 0 Å². The molecular weight excluding hydrogens is 366 g/mol. The molecule has 1 fully saturated rings. The SMILES string of the molecule is CCC(CN1CCOCC1)NS(=O)(=O)c1ccc2c(c1)CCCN2C(C)=O. The van der Waals surface area contributed by atoms with E-state index in [1.807, 2.05) is 6.92 Å². The summed E-state index contributed by atoms with van der Waals surface area (Å²) in [5.74, 6) is -0.0127. The number of sulfonamides is 1. The Morgan fingerprint density at radius 2 is 2.00 bits per heavy atom. The van der Waals surface area contributed by atoms with Gasteiger partial charge in [-0.05, 0) is 43.0 Å². The maximum Gasteiger partial charge on any atom is 0.240 e. The summed E-state index contributed by atoms with van der Waals surface area (Å²) in [4.78, 5) is 16.0. The van der Waals surface area contributed by atoms with E-state index in [4.69, 9.17) is 4.74 Å². The average Bonchev–Trinajstić information content (AvgIpc) is 2.67. The van der Waals surface area contributed by atoms with Crippen molar-refractivity contribution in [3.05, 3.63) is 23.8 Å². The fourth-order valence-corrected chi connectivity index (χ4v) is 5.06. The lowest BCUT2D eigenvalue weighted by atomic mass is 10.0. The molecule has 27 heavy (non-hydrogen) atoms. The number of anilines is 1. The number of aryl methyl sites for hydroxylation is 1. The maximum absolute atomic E-state index is 12.9. The summed E-state index contributed by atoms with van der Waals surface area (Å²) in [6.07, 6.45) is 2.35. The molecule has 0 saturated carbocycles. The molecule has 1 aromatic rings. The second kappa shape index (κ2) is 8.68. The van der Waals surface area contributed by atoms with Gasteiger partial charge in [0.25, 0.3) is 0 Å². The van der Waals surface area contributed by atoms with E-state index in [1.165, 1.54) is 0 Å². The molecule has 0 bridgehead atoms. The molecule has 1 unspecified atom stereocenters. The average molecular weight is 396 g/mol. The molecule has 7 nitrogen and oxygen atoms in total. The van der Waals surface area contributed by atoms with E-state index >= 15 is 0 Å². The Balaban J connectivity index is 1.74. The monoisotopic (exact) mass is 395 g/mol. The number of carbonyl (C=O) groups is 1. The highest BCUT2D eigenvalue weighted by Gasteiger charge is 2.25. The fourth-order valence-electron chi connectivity index (χ4n) is 3.70. The van der Waals surface area contributed by atoms with E-state index in [-0.39, 0.29) is 16.8 Å². The van der Waals surface area contributed by atoms with Crippen LogP contribution in [0.15, 0.2) is 23.1 Å². The van der Waals surface area contributed by atoms with Crippen molar-refractivity contribution in [3.63, 3.8) is 0 Å². The lowest BCUT2D eigenvalue weighted by Crippen LogP contribution is -2.47. The molecule has 2 heterocycles. The molecule has 1 atom stereocenters. The largest absolute Gasteiger partial charge is 0.379 e. The molecule has 0 spiro atoms. The fraction of sp³-hybridized carbons (Fsp3) is 0.632. The normalized spacial score (nSPS) is 19.6. The Kier molecular flexibility index (Phi) is 6.52. The van der Waals surface area contributed by atoms with Crippen molar-refractivity contribution >= 4 is 21.6 Å². The van der Waals surface area contributed by atoms with Crippen molar-refractivity contribution in [1.82, 2.24) is 9.62 Å². The first kappa shape index (κ1) is 20.3. The van der Waals surface area contributed by atoms with Crippen LogP contribution in [0.2, 0.25) is 0 Å². The number of rotatable bonds is 6. The highest BCUT2D eigenvalue weighted by Crippen LogP contribution is 2.29. The van der Waals surface area contributed by atoms with Crippen LogP contribution >= 0.6 is 0 Å². The molecule has 2 aliphatic rings. The highest BCUT2D eigenvalue weighted by molar-refractivity contribution is 7.89. The van der Waals surface area contributed by atoms with Gasteiger partial charge in [-0.2, -0.15) is 0 Å². The minimum absolute atomic E-state index is 0.0127. The third-order valence-corrected chi connectivity index (χ3v) is 6.78. The summed E-state index contributed by atoms with van der Waals surface area (Å²) in [5.41, 5.74) is 1.74. The Hall–Kier alpha value is -1.48. The topological polar surface area (TPSA) is 79.0 Å². The summed E-state index contributed by atoms with van der Waals surface area (Å²) >= 11 is 0. The zero-order valence-electron chi connectivity index (χ0n) is 16.1. The summed E-state index contributed by atoms with van der Waals surface area (Å²) < 4.78 is 34.0. The molecule has 1 saturated heterocycles. The molecule has 8 heteroatoms. The van der Waals surface area contributed by atoms with Gasteiger partial charge in [-0.25, -0.2) is 13.1 Å². The minimum atomic E-state index is -3.60. The van der Waals surface area contributed by atoms with Gasteiger partial charge >= 0.3 is 0 Å². The van der Waals surface area contributed by atoms with Crippen molar-refractivity contribution < 1.29 is 17.9 Å². The maximum atomic E-state index is 12.9. The first-order valence-electron chi connectivity index (χ1n) is 9.64. The zero-order valence-corrected chi connectivity index (χ0v) is 16.9. The van der Waals surface area contributed by atoms with Crippen LogP contribution in [-0.2, 0) is 26.0 Å². The second-order valence-corrected chi connectivity index (χ2v) is 8.92. The van der Waals surface area contributed by atoms with Crippen LogP contribution in [0.4, 0.5) is 5.69 Å². The molecule has 2 aliphatic heterocycles. The molecule has 3 rings (SSSR count). The first-order valence-corrected chi connectivity index (χ1v) is 11.1. The molecule has 1 N–H and O–H groups in total. The smallest absolute Gasteiger partial charge is 0.240 e. The number of ether oxygens (including phenoxy) is 1. The summed E-state index contributed by atoms with van der Waals surface area (Å²) in [5, 5.41) is 0. The van der Waals surface area contributed by atoms with Gasteiger partial charge in [0.05, 0.1) is 18.1 Å². The van der Waals surface area contributed by atoms with E-state index in [1.54, 1.807) is 30.0 Å². The number of carbonyl (C=O) groups excluding carboxylic acids is 1. The number of hydrogen-bond donors (Lipinski definition) is 1. The number of amides is 1. The van der Waals surface area contributed by atoms with Crippen molar-refractivity contribution in [3.8, 4) is 0 Å².